The number of nitrogens with one attached hydrogen (secondary N) is 1. The second-order valence-electron chi connectivity index (χ2n) is 4.25. The zero-order chi connectivity index (χ0) is 13.9. The van der Waals surface area contributed by atoms with Crippen LogP contribution in [0.25, 0.3) is 0 Å². The molecule has 0 saturated carbocycles. The van der Waals surface area contributed by atoms with Crippen LogP contribution in [0.15, 0.2) is 9.64 Å². The Kier molecular flexibility index (Phi) is 4.46. The van der Waals surface area contributed by atoms with E-state index in [0.29, 0.717) is 24.1 Å². The molecule has 1 aromatic heterocycles. The number of amides is 1. The van der Waals surface area contributed by atoms with Crippen molar-refractivity contribution in [3.8, 4) is 0 Å². The van der Waals surface area contributed by atoms with E-state index in [1.807, 2.05) is 6.92 Å². The van der Waals surface area contributed by atoms with Gasteiger partial charge in [0.05, 0.1) is 23.2 Å². The van der Waals surface area contributed by atoms with E-state index < -0.39 is 9.84 Å². The molecule has 19 heavy (non-hydrogen) atoms. The summed E-state index contributed by atoms with van der Waals surface area (Å²) in [5.74, 6) is 0.474. The molecule has 1 N–H and O–H groups in total. The first-order valence-corrected chi connectivity index (χ1v) is 8.74. The van der Waals surface area contributed by atoms with Crippen LogP contribution in [0.5, 0.6) is 0 Å². The largest absolute Gasteiger partial charge is 0.416 e. The second-order valence-corrected chi connectivity index (χ2v) is 7.40. The van der Waals surface area contributed by atoms with Crippen molar-refractivity contribution in [2.45, 2.75) is 24.5 Å². The summed E-state index contributed by atoms with van der Waals surface area (Å²) in [6.07, 6.45) is 0.519. The van der Waals surface area contributed by atoms with E-state index in [9.17, 15) is 13.2 Å². The van der Waals surface area contributed by atoms with E-state index in [1.54, 1.807) is 0 Å². The van der Waals surface area contributed by atoms with Crippen LogP contribution in [0.1, 0.15) is 25.2 Å². The number of aromatic nitrogens is 2. The predicted molar refractivity (Wildman–Crippen MR) is 69.7 cm³/mol. The molecule has 2 rings (SSSR count). The van der Waals surface area contributed by atoms with Crippen LogP contribution >= 0.6 is 11.8 Å². The summed E-state index contributed by atoms with van der Waals surface area (Å²) < 4.78 is 28.1. The summed E-state index contributed by atoms with van der Waals surface area (Å²) in [5, 5.41) is 10.6. The maximum absolute atomic E-state index is 11.4. The van der Waals surface area contributed by atoms with Crippen LogP contribution in [0.4, 0.5) is 0 Å². The Morgan fingerprint density at radius 1 is 1.53 bits per heavy atom. The minimum absolute atomic E-state index is 0.0651. The summed E-state index contributed by atoms with van der Waals surface area (Å²) in [6, 6.07) is 0. The summed E-state index contributed by atoms with van der Waals surface area (Å²) in [7, 11) is -2.97. The number of nitrogens with zero attached hydrogens (tertiary/aromatic N) is 2. The van der Waals surface area contributed by atoms with Crippen molar-refractivity contribution in [3.63, 3.8) is 0 Å². The van der Waals surface area contributed by atoms with Crippen LogP contribution in [0.2, 0.25) is 0 Å². The monoisotopic (exact) mass is 305 g/mol. The normalized spacial score (nSPS) is 21.4. The Labute approximate surface area is 115 Å². The van der Waals surface area contributed by atoms with E-state index in [0.717, 1.165) is 11.8 Å². The van der Waals surface area contributed by atoms with Crippen molar-refractivity contribution >= 4 is 27.5 Å². The lowest BCUT2D eigenvalue weighted by atomic mass is 10.1. The van der Waals surface area contributed by atoms with E-state index in [2.05, 4.69) is 15.5 Å². The fourth-order valence-corrected chi connectivity index (χ4v) is 4.14. The molecule has 1 aliphatic rings. The topological polar surface area (TPSA) is 102 Å². The lowest BCUT2D eigenvalue weighted by molar-refractivity contribution is -0.118. The lowest BCUT2D eigenvalue weighted by Gasteiger charge is -2.00. The molecule has 0 spiro atoms. The molecule has 1 atom stereocenters. The molecule has 0 bridgehead atoms. The minimum Gasteiger partial charge on any atom is -0.416 e. The van der Waals surface area contributed by atoms with Gasteiger partial charge in [-0.3, -0.25) is 4.79 Å². The van der Waals surface area contributed by atoms with Gasteiger partial charge in [-0.1, -0.05) is 11.8 Å². The number of sulfone groups is 1. The number of rotatable bonds is 5. The fraction of sp³-hybridized carbons (Fsp3) is 0.700. The van der Waals surface area contributed by atoms with E-state index >= 15 is 0 Å². The van der Waals surface area contributed by atoms with Crippen molar-refractivity contribution in [2.24, 2.45) is 0 Å². The van der Waals surface area contributed by atoms with Crippen molar-refractivity contribution in [3.05, 3.63) is 5.89 Å². The smallest absolute Gasteiger partial charge is 0.277 e. The van der Waals surface area contributed by atoms with Gasteiger partial charge in [0, 0.05) is 6.54 Å². The Balaban J connectivity index is 1.91. The third-order valence-corrected chi connectivity index (χ3v) is 5.29. The molecule has 0 aliphatic carbocycles. The average Bonchev–Trinajstić information content (AvgIpc) is 2.93. The number of hydrogen-bond donors (Lipinski definition) is 1. The third-order valence-electron chi connectivity index (χ3n) is 2.70. The van der Waals surface area contributed by atoms with Crippen LogP contribution in [-0.2, 0) is 14.6 Å². The molecule has 7 nitrogen and oxygen atoms in total. The van der Waals surface area contributed by atoms with Gasteiger partial charge in [0.2, 0.25) is 11.8 Å². The van der Waals surface area contributed by atoms with E-state index in [4.69, 9.17) is 4.42 Å². The van der Waals surface area contributed by atoms with Crippen molar-refractivity contribution in [1.29, 1.82) is 0 Å². The van der Waals surface area contributed by atoms with Crippen molar-refractivity contribution in [2.75, 3.05) is 23.8 Å². The number of carbonyl (C=O) groups excluding carboxylic acids is 1. The fourth-order valence-electron chi connectivity index (χ4n) is 1.81. The van der Waals surface area contributed by atoms with Gasteiger partial charge < -0.3 is 9.73 Å². The molecule has 1 saturated heterocycles. The molecule has 106 valence electrons. The maximum atomic E-state index is 11.4. The average molecular weight is 305 g/mol. The zero-order valence-electron chi connectivity index (χ0n) is 10.5. The molecule has 1 aromatic rings. The molecule has 1 fully saturated rings. The van der Waals surface area contributed by atoms with Gasteiger partial charge in [-0.05, 0) is 13.3 Å². The van der Waals surface area contributed by atoms with Crippen LogP contribution in [-0.4, -0.2) is 48.3 Å². The van der Waals surface area contributed by atoms with Gasteiger partial charge >= 0.3 is 0 Å². The highest BCUT2D eigenvalue weighted by Crippen LogP contribution is 2.29. The SMILES string of the molecule is CCNC(=O)CSc1nnc(C2CCS(=O)(=O)C2)o1. The molecule has 1 aliphatic heterocycles. The molecule has 9 heteroatoms. The number of thioether (sulfide) groups is 1. The molecule has 1 amide bonds. The summed E-state index contributed by atoms with van der Waals surface area (Å²) >= 11 is 1.15. The van der Waals surface area contributed by atoms with Gasteiger partial charge in [0.25, 0.3) is 5.22 Å². The van der Waals surface area contributed by atoms with Gasteiger partial charge in [-0.15, -0.1) is 10.2 Å². The number of hydrogen-bond acceptors (Lipinski definition) is 7. The summed E-state index contributed by atoms with van der Waals surface area (Å²) in [6.45, 7) is 2.42. The summed E-state index contributed by atoms with van der Waals surface area (Å²) in [4.78, 5) is 11.3. The molecule has 0 aromatic carbocycles. The zero-order valence-corrected chi connectivity index (χ0v) is 12.1. The van der Waals surface area contributed by atoms with Gasteiger partial charge in [-0.25, -0.2) is 8.42 Å². The highest BCUT2D eigenvalue weighted by Gasteiger charge is 2.32. The molecular formula is C10H15N3O4S2. The van der Waals surface area contributed by atoms with Crippen LogP contribution in [0, 0.1) is 0 Å². The third kappa shape index (κ3) is 3.93. The highest BCUT2D eigenvalue weighted by atomic mass is 32.2. The van der Waals surface area contributed by atoms with Gasteiger partial charge in [-0.2, -0.15) is 0 Å². The Hall–Kier alpha value is -1.09. The first-order chi connectivity index (χ1) is 9.00. The van der Waals surface area contributed by atoms with E-state index in [-0.39, 0.29) is 29.1 Å². The molecular weight excluding hydrogens is 290 g/mol. The van der Waals surface area contributed by atoms with Gasteiger partial charge in [0.15, 0.2) is 9.84 Å². The van der Waals surface area contributed by atoms with Crippen LogP contribution in [0.3, 0.4) is 0 Å². The molecule has 1 unspecified atom stereocenters. The van der Waals surface area contributed by atoms with Crippen molar-refractivity contribution < 1.29 is 17.6 Å². The number of carbonyl (C=O) groups is 1. The molecule has 0 radical (unpaired) electrons. The summed E-state index contributed by atoms with van der Waals surface area (Å²) in [5.41, 5.74) is 0. The van der Waals surface area contributed by atoms with Gasteiger partial charge in [0.1, 0.15) is 0 Å². The predicted octanol–water partition coefficient (Wildman–Crippen LogP) is 0.200. The van der Waals surface area contributed by atoms with Crippen LogP contribution < -0.4 is 5.32 Å². The Morgan fingerprint density at radius 2 is 2.32 bits per heavy atom. The Bertz CT molecular complexity index is 555. The standard InChI is InChI=1S/C10H15N3O4S2/c1-2-11-8(14)5-18-10-13-12-9(17-10)7-3-4-19(15,16)6-7/h7H,2-6H2,1H3,(H,11,14). The minimum atomic E-state index is -2.97. The first kappa shape index (κ1) is 14.3. The Morgan fingerprint density at radius 3 is 2.95 bits per heavy atom. The maximum Gasteiger partial charge on any atom is 0.277 e. The first-order valence-electron chi connectivity index (χ1n) is 5.93. The quantitative estimate of drug-likeness (QED) is 0.775. The van der Waals surface area contributed by atoms with E-state index in [1.165, 1.54) is 0 Å². The second kappa shape index (κ2) is 5.91. The lowest BCUT2D eigenvalue weighted by Crippen LogP contribution is -2.24. The van der Waals surface area contributed by atoms with Crippen molar-refractivity contribution in [1.82, 2.24) is 15.5 Å². The highest BCUT2D eigenvalue weighted by molar-refractivity contribution is 7.99. The molecule has 2 heterocycles.